The molecule has 16 heavy (non-hydrogen) atoms. The number of hydrogen-bond donors (Lipinski definition) is 2. The first-order valence-corrected chi connectivity index (χ1v) is 6.21. The average molecular weight is 230 g/mol. The summed E-state index contributed by atoms with van der Waals surface area (Å²) in [5.41, 5.74) is 6.37. The van der Waals surface area contributed by atoms with Gasteiger partial charge in [0.05, 0.1) is 12.7 Å². The summed E-state index contributed by atoms with van der Waals surface area (Å²) in [6.07, 6.45) is 6.15. The maximum Gasteiger partial charge on any atom is 0.0928 e. The lowest BCUT2D eigenvalue weighted by atomic mass is 9.95. The third kappa shape index (κ3) is 4.78. The second kappa shape index (κ2) is 7.22. The third-order valence-corrected chi connectivity index (χ3v) is 3.46. The van der Waals surface area contributed by atoms with E-state index in [1.165, 1.54) is 25.7 Å². The fourth-order valence-electron chi connectivity index (χ4n) is 2.33. The molecule has 96 valence electrons. The summed E-state index contributed by atoms with van der Waals surface area (Å²) in [5, 5.41) is 3.39. The maximum atomic E-state index is 6.27. The Labute approximate surface area is 98.9 Å². The fourth-order valence-corrected chi connectivity index (χ4v) is 2.33. The SMILES string of the molecule is COCC(CNCCC1(N)CCCC1)OC. The third-order valence-electron chi connectivity index (χ3n) is 3.46. The standard InChI is InChI=1S/C12H26N2O2/c1-15-10-11(16-2)9-14-8-7-12(13)5-3-4-6-12/h11,14H,3-10,13H2,1-2H3. The highest BCUT2D eigenvalue weighted by Gasteiger charge is 2.28. The number of rotatable bonds is 8. The molecule has 4 heteroatoms. The molecule has 0 saturated heterocycles. The van der Waals surface area contributed by atoms with E-state index in [2.05, 4.69) is 5.32 Å². The van der Waals surface area contributed by atoms with Crippen molar-refractivity contribution in [3.63, 3.8) is 0 Å². The summed E-state index contributed by atoms with van der Waals surface area (Å²) in [4.78, 5) is 0. The molecule has 0 spiro atoms. The number of nitrogens with one attached hydrogen (secondary N) is 1. The Hall–Kier alpha value is -0.160. The molecule has 3 N–H and O–H groups in total. The van der Waals surface area contributed by atoms with E-state index in [4.69, 9.17) is 15.2 Å². The highest BCUT2D eigenvalue weighted by Crippen LogP contribution is 2.29. The molecule has 0 amide bonds. The van der Waals surface area contributed by atoms with Crippen LogP contribution >= 0.6 is 0 Å². The Morgan fingerprint density at radius 3 is 2.56 bits per heavy atom. The van der Waals surface area contributed by atoms with Crippen LogP contribution in [0.3, 0.4) is 0 Å². The van der Waals surface area contributed by atoms with E-state index in [0.717, 1.165) is 19.5 Å². The Morgan fingerprint density at radius 1 is 1.31 bits per heavy atom. The van der Waals surface area contributed by atoms with Crippen LogP contribution in [0.2, 0.25) is 0 Å². The van der Waals surface area contributed by atoms with Crippen LogP contribution < -0.4 is 11.1 Å². The van der Waals surface area contributed by atoms with Crippen molar-refractivity contribution in [2.24, 2.45) is 5.73 Å². The fraction of sp³-hybridized carbons (Fsp3) is 1.00. The molecule has 0 radical (unpaired) electrons. The van der Waals surface area contributed by atoms with Gasteiger partial charge < -0.3 is 20.5 Å². The minimum Gasteiger partial charge on any atom is -0.382 e. The second-order valence-corrected chi connectivity index (χ2v) is 4.84. The Balaban J connectivity index is 2.06. The minimum atomic E-state index is 0.0941. The molecule has 0 aromatic carbocycles. The van der Waals surface area contributed by atoms with E-state index < -0.39 is 0 Å². The quantitative estimate of drug-likeness (QED) is 0.608. The molecule has 4 nitrogen and oxygen atoms in total. The van der Waals surface area contributed by atoms with Crippen molar-refractivity contribution in [3.8, 4) is 0 Å². The maximum absolute atomic E-state index is 6.27. The summed E-state index contributed by atoms with van der Waals surface area (Å²) in [7, 11) is 3.41. The molecule has 1 saturated carbocycles. The van der Waals surface area contributed by atoms with Crippen molar-refractivity contribution >= 4 is 0 Å². The Morgan fingerprint density at radius 2 is 2.00 bits per heavy atom. The van der Waals surface area contributed by atoms with Gasteiger partial charge in [-0.3, -0.25) is 0 Å². The van der Waals surface area contributed by atoms with Gasteiger partial charge in [-0.1, -0.05) is 12.8 Å². The number of ether oxygens (including phenoxy) is 2. The molecule has 1 atom stereocenters. The highest BCUT2D eigenvalue weighted by atomic mass is 16.5. The van der Waals surface area contributed by atoms with Crippen LogP contribution in [0.25, 0.3) is 0 Å². The van der Waals surface area contributed by atoms with Gasteiger partial charge in [0.25, 0.3) is 0 Å². The van der Waals surface area contributed by atoms with Crippen molar-refractivity contribution in [1.29, 1.82) is 0 Å². The van der Waals surface area contributed by atoms with Crippen LogP contribution in [0.4, 0.5) is 0 Å². The lowest BCUT2D eigenvalue weighted by Gasteiger charge is -2.24. The van der Waals surface area contributed by atoms with E-state index in [1.54, 1.807) is 14.2 Å². The van der Waals surface area contributed by atoms with Gasteiger partial charge in [0.2, 0.25) is 0 Å². The first-order valence-electron chi connectivity index (χ1n) is 6.21. The van der Waals surface area contributed by atoms with Crippen LogP contribution in [0.5, 0.6) is 0 Å². The molecule has 1 rings (SSSR count). The normalized spacial score (nSPS) is 21.2. The van der Waals surface area contributed by atoms with Crippen molar-refractivity contribution in [3.05, 3.63) is 0 Å². The zero-order valence-corrected chi connectivity index (χ0v) is 10.6. The van der Waals surface area contributed by atoms with Gasteiger partial charge in [-0.2, -0.15) is 0 Å². The van der Waals surface area contributed by atoms with E-state index >= 15 is 0 Å². The van der Waals surface area contributed by atoms with Crippen molar-refractivity contribution in [1.82, 2.24) is 5.32 Å². The number of hydrogen-bond acceptors (Lipinski definition) is 4. The van der Waals surface area contributed by atoms with E-state index in [0.29, 0.717) is 6.61 Å². The second-order valence-electron chi connectivity index (χ2n) is 4.84. The molecular weight excluding hydrogens is 204 g/mol. The molecule has 0 aromatic heterocycles. The molecular formula is C12H26N2O2. The summed E-state index contributed by atoms with van der Waals surface area (Å²) >= 11 is 0. The first-order chi connectivity index (χ1) is 7.70. The summed E-state index contributed by atoms with van der Waals surface area (Å²) < 4.78 is 10.3. The Bertz CT molecular complexity index is 182. The van der Waals surface area contributed by atoms with E-state index in [-0.39, 0.29) is 11.6 Å². The van der Waals surface area contributed by atoms with Gasteiger partial charge >= 0.3 is 0 Å². The smallest absolute Gasteiger partial charge is 0.0928 e. The molecule has 1 aliphatic carbocycles. The van der Waals surface area contributed by atoms with Crippen molar-refractivity contribution in [2.75, 3.05) is 33.9 Å². The van der Waals surface area contributed by atoms with Gasteiger partial charge in [-0.15, -0.1) is 0 Å². The van der Waals surface area contributed by atoms with Gasteiger partial charge in [-0.25, -0.2) is 0 Å². The summed E-state index contributed by atoms with van der Waals surface area (Å²) in [6, 6.07) is 0. The van der Waals surface area contributed by atoms with Gasteiger partial charge in [0.1, 0.15) is 0 Å². The predicted molar refractivity (Wildman–Crippen MR) is 65.5 cm³/mol. The van der Waals surface area contributed by atoms with Gasteiger partial charge in [0.15, 0.2) is 0 Å². The number of nitrogens with two attached hydrogens (primary N) is 1. The van der Waals surface area contributed by atoms with Crippen molar-refractivity contribution in [2.45, 2.75) is 43.7 Å². The zero-order valence-electron chi connectivity index (χ0n) is 10.6. The average Bonchev–Trinajstić information content (AvgIpc) is 2.70. The predicted octanol–water partition coefficient (Wildman–Crippen LogP) is 0.899. The lowest BCUT2D eigenvalue weighted by Crippen LogP contribution is -2.41. The molecule has 0 heterocycles. The summed E-state index contributed by atoms with van der Waals surface area (Å²) in [5.74, 6) is 0. The summed E-state index contributed by atoms with van der Waals surface area (Å²) in [6.45, 7) is 2.44. The Kier molecular flexibility index (Phi) is 6.28. The van der Waals surface area contributed by atoms with Crippen LogP contribution in [-0.2, 0) is 9.47 Å². The topological polar surface area (TPSA) is 56.5 Å². The molecule has 1 unspecified atom stereocenters. The van der Waals surface area contributed by atoms with E-state index in [1.807, 2.05) is 0 Å². The minimum absolute atomic E-state index is 0.0941. The largest absolute Gasteiger partial charge is 0.382 e. The molecule has 1 fully saturated rings. The van der Waals surface area contributed by atoms with Crippen LogP contribution in [-0.4, -0.2) is 45.6 Å². The molecule has 1 aliphatic rings. The van der Waals surface area contributed by atoms with Crippen LogP contribution in [0.15, 0.2) is 0 Å². The first kappa shape index (κ1) is 13.9. The van der Waals surface area contributed by atoms with E-state index in [9.17, 15) is 0 Å². The zero-order chi connectivity index (χ0) is 11.9. The molecule has 0 bridgehead atoms. The van der Waals surface area contributed by atoms with Crippen LogP contribution in [0.1, 0.15) is 32.1 Å². The van der Waals surface area contributed by atoms with Gasteiger partial charge in [-0.05, 0) is 25.8 Å². The monoisotopic (exact) mass is 230 g/mol. The number of methoxy groups -OCH3 is 2. The van der Waals surface area contributed by atoms with Gasteiger partial charge in [0, 0.05) is 26.3 Å². The molecule has 0 aromatic rings. The lowest BCUT2D eigenvalue weighted by molar-refractivity contribution is 0.0288. The highest BCUT2D eigenvalue weighted by molar-refractivity contribution is 4.89. The van der Waals surface area contributed by atoms with Crippen LogP contribution in [0, 0.1) is 0 Å². The molecule has 0 aliphatic heterocycles. The van der Waals surface area contributed by atoms with Crippen molar-refractivity contribution < 1.29 is 9.47 Å².